The fourth-order valence-electron chi connectivity index (χ4n) is 1.66. The Morgan fingerprint density at radius 3 is 3.11 bits per heavy atom. The predicted octanol–water partition coefficient (Wildman–Crippen LogP) is 1.95. The van der Waals surface area contributed by atoms with Crippen LogP contribution in [0.3, 0.4) is 0 Å². The van der Waals surface area contributed by atoms with Crippen LogP contribution < -0.4 is 5.32 Å². The number of hydrogen-bond acceptors (Lipinski definition) is 5. The van der Waals surface area contributed by atoms with Crippen LogP contribution in [0, 0.1) is 0 Å². The van der Waals surface area contributed by atoms with Crippen LogP contribution in [0.25, 0.3) is 0 Å². The molecule has 0 aromatic carbocycles. The minimum Gasteiger partial charge on any atom is -0.467 e. The average molecular weight is 281 g/mol. The molecule has 2 aromatic rings. The smallest absolute Gasteiger partial charge is 0.261 e. The van der Waals surface area contributed by atoms with Crippen molar-refractivity contribution in [3.8, 4) is 0 Å². The van der Waals surface area contributed by atoms with E-state index < -0.39 is 6.10 Å². The van der Waals surface area contributed by atoms with Crippen molar-refractivity contribution in [3.63, 3.8) is 0 Å². The number of furan rings is 1. The monoisotopic (exact) mass is 281 g/mol. The second-order valence-corrected chi connectivity index (χ2v) is 4.87. The molecule has 0 bridgehead atoms. The van der Waals surface area contributed by atoms with Crippen LogP contribution >= 0.6 is 11.3 Å². The molecule has 0 saturated heterocycles. The summed E-state index contributed by atoms with van der Waals surface area (Å²) >= 11 is 1.35. The van der Waals surface area contributed by atoms with Crippen LogP contribution in [0.1, 0.15) is 27.1 Å². The summed E-state index contributed by atoms with van der Waals surface area (Å²) in [7, 11) is 1.58. The number of rotatable bonds is 6. The molecule has 1 unspecified atom stereocenters. The fourth-order valence-corrected chi connectivity index (χ4v) is 2.48. The van der Waals surface area contributed by atoms with Gasteiger partial charge >= 0.3 is 0 Å². The van der Waals surface area contributed by atoms with Crippen molar-refractivity contribution < 1.29 is 19.1 Å². The van der Waals surface area contributed by atoms with E-state index in [2.05, 4.69) is 5.32 Å². The van der Waals surface area contributed by atoms with E-state index >= 15 is 0 Å². The largest absolute Gasteiger partial charge is 0.467 e. The number of aliphatic hydroxyl groups is 1. The highest BCUT2D eigenvalue weighted by Crippen LogP contribution is 2.18. The summed E-state index contributed by atoms with van der Waals surface area (Å²) in [5.74, 6) is 0.219. The van der Waals surface area contributed by atoms with Gasteiger partial charge in [-0.1, -0.05) is 0 Å². The van der Waals surface area contributed by atoms with Gasteiger partial charge < -0.3 is 19.6 Å². The first-order valence-corrected chi connectivity index (χ1v) is 6.65. The lowest BCUT2D eigenvalue weighted by atomic mass is 10.2. The van der Waals surface area contributed by atoms with E-state index in [-0.39, 0.29) is 12.5 Å². The zero-order valence-corrected chi connectivity index (χ0v) is 11.3. The van der Waals surface area contributed by atoms with Gasteiger partial charge in [-0.05, 0) is 23.6 Å². The molecular formula is C13H15NO4S. The van der Waals surface area contributed by atoms with Gasteiger partial charge in [0.25, 0.3) is 5.91 Å². The Bertz CT molecular complexity index is 520. The van der Waals surface area contributed by atoms with Gasteiger partial charge in [0.2, 0.25) is 0 Å². The Morgan fingerprint density at radius 1 is 1.58 bits per heavy atom. The van der Waals surface area contributed by atoms with E-state index in [0.29, 0.717) is 17.2 Å². The number of hydrogen-bond donors (Lipinski definition) is 2. The molecule has 5 nitrogen and oxygen atoms in total. The minimum atomic E-state index is -0.843. The first kappa shape index (κ1) is 13.8. The molecule has 0 spiro atoms. The molecule has 0 radical (unpaired) electrons. The first-order valence-electron chi connectivity index (χ1n) is 5.77. The Morgan fingerprint density at radius 2 is 2.42 bits per heavy atom. The van der Waals surface area contributed by atoms with Gasteiger partial charge in [0, 0.05) is 12.7 Å². The van der Waals surface area contributed by atoms with Gasteiger partial charge in [0.1, 0.15) is 11.9 Å². The number of carbonyl (C=O) groups excluding carboxylic acids is 1. The standard InChI is InChI=1S/C13H15NO4S/c1-17-8-9-4-6-19-12(9)13(16)14-7-10(15)11-3-2-5-18-11/h2-6,10,15H,7-8H2,1H3,(H,14,16). The molecule has 19 heavy (non-hydrogen) atoms. The molecule has 2 aromatic heterocycles. The van der Waals surface area contributed by atoms with Gasteiger partial charge in [-0.15, -0.1) is 11.3 Å². The second-order valence-electron chi connectivity index (χ2n) is 3.95. The second kappa shape index (κ2) is 6.51. The van der Waals surface area contributed by atoms with Crippen molar-refractivity contribution in [2.24, 2.45) is 0 Å². The van der Waals surface area contributed by atoms with E-state index in [1.807, 2.05) is 11.4 Å². The van der Waals surface area contributed by atoms with Gasteiger partial charge in [-0.3, -0.25) is 4.79 Å². The maximum Gasteiger partial charge on any atom is 0.261 e. The van der Waals surface area contributed by atoms with Crippen molar-refractivity contribution in [2.75, 3.05) is 13.7 Å². The van der Waals surface area contributed by atoms with Gasteiger partial charge in [-0.25, -0.2) is 0 Å². The molecule has 6 heteroatoms. The summed E-state index contributed by atoms with van der Waals surface area (Å²) in [6, 6.07) is 5.21. The number of carbonyl (C=O) groups is 1. The molecular weight excluding hydrogens is 266 g/mol. The van der Waals surface area contributed by atoms with Crippen LogP contribution in [0.4, 0.5) is 0 Å². The summed E-state index contributed by atoms with van der Waals surface area (Å²) in [5.41, 5.74) is 0.845. The number of nitrogens with one attached hydrogen (secondary N) is 1. The summed E-state index contributed by atoms with van der Waals surface area (Å²) in [4.78, 5) is 12.6. The normalized spacial score (nSPS) is 12.3. The third-order valence-corrected chi connectivity index (χ3v) is 3.54. The highest BCUT2D eigenvalue weighted by Gasteiger charge is 2.16. The Kier molecular flexibility index (Phi) is 4.73. The van der Waals surface area contributed by atoms with Gasteiger partial charge in [0.05, 0.1) is 24.3 Å². The van der Waals surface area contributed by atoms with Crippen molar-refractivity contribution in [3.05, 3.63) is 46.0 Å². The van der Waals surface area contributed by atoms with Crippen LogP contribution in [0.5, 0.6) is 0 Å². The predicted molar refractivity (Wildman–Crippen MR) is 71.0 cm³/mol. The van der Waals surface area contributed by atoms with Crippen molar-refractivity contribution in [2.45, 2.75) is 12.7 Å². The Balaban J connectivity index is 1.92. The Hall–Kier alpha value is -1.63. The molecule has 2 N–H and O–H groups in total. The third kappa shape index (κ3) is 3.44. The van der Waals surface area contributed by atoms with Crippen molar-refractivity contribution in [1.29, 1.82) is 0 Å². The van der Waals surface area contributed by atoms with E-state index in [9.17, 15) is 9.90 Å². The van der Waals surface area contributed by atoms with E-state index in [1.54, 1.807) is 19.2 Å². The van der Waals surface area contributed by atoms with Crippen LogP contribution in [0.15, 0.2) is 34.3 Å². The molecule has 2 heterocycles. The quantitative estimate of drug-likeness (QED) is 0.849. The summed E-state index contributed by atoms with van der Waals surface area (Å²) < 4.78 is 10.1. The number of ether oxygens (including phenoxy) is 1. The lowest BCUT2D eigenvalue weighted by Crippen LogP contribution is -2.28. The summed E-state index contributed by atoms with van der Waals surface area (Å²) in [6.45, 7) is 0.504. The first-order chi connectivity index (χ1) is 9.22. The maximum absolute atomic E-state index is 12.0. The topological polar surface area (TPSA) is 71.7 Å². The molecule has 2 rings (SSSR count). The van der Waals surface area contributed by atoms with Crippen LogP contribution in [-0.4, -0.2) is 24.7 Å². The SMILES string of the molecule is COCc1ccsc1C(=O)NCC(O)c1ccco1. The molecule has 0 aliphatic carbocycles. The molecule has 0 aliphatic rings. The molecule has 102 valence electrons. The third-order valence-electron chi connectivity index (χ3n) is 2.58. The average Bonchev–Trinajstić information content (AvgIpc) is 3.06. The molecule has 1 atom stereocenters. The van der Waals surface area contributed by atoms with Crippen LogP contribution in [0.2, 0.25) is 0 Å². The number of amides is 1. The van der Waals surface area contributed by atoms with E-state index in [1.165, 1.54) is 17.6 Å². The molecule has 0 fully saturated rings. The summed E-state index contributed by atoms with van der Waals surface area (Å²) in [5, 5.41) is 14.3. The summed E-state index contributed by atoms with van der Waals surface area (Å²) in [6.07, 6.45) is 0.640. The highest BCUT2D eigenvalue weighted by atomic mass is 32.1. The van der Waals surface area contributed by atoms with Gasteiger partial charge in [-0.2, -0.15) is 0 Å². The molecule has 0 aliphatic heterocycles. The molecule has 0 saturated carbocycles. The number of aliphatic hydroxyl groups excluding tert-OH is 1. The van der Waals surface area contributed by atoms with Crippen molar-refractivity contribution >= 4 is 17.2 Å². The van der Waals surface area contributed by atoms with Crippen molar-refractivity contribution in [1.82, 2.24) is 5.32 Å². The molecule has 1 amide bonds. The number of thiophene rings is 1. The van der Waals surface area contributed by atoms with Gasteiger partial charge in [0.15, 0.2) is 0 Å². The number of methoxy groups -OCH3 is 1. The lowest BCUT2D eigenvalue weighted by Gasteiger charge is -2.09. The Labute approximate surface area is 114 Å². The maximum atomic E-state index is 12.0. The van der Waals surface area contributed by atoms with E-state index in [4.69, 9.17) is 9.15 Å². The lowest BCUT2D eigenvalue weighted by molar-refractivity contribution is 0.0901. The minimum absolute atomic E-state index is 0.108. The highest BCUT2D eigenvalue weighted by molar-refractivity contribution is 7.12. The van der Waals surface area contributed by atoms with E-state index in [0.717, 1.165) is 5.56 Å². The zero-order chi connectivity index (χ0) is 13.7. The zero-order valence-electron chi connectivity index (χ0n) is 10.5. The fraction of sp³-hybridized carbons (Fsp3) is 0.308. The van der Waals surface area contributed by atoms with Crippen LogP contribution in [-0.2, 0) is 11.3 Å².